The first-order chi connectivity index (χ1) is 7.55. The quantitative estimate of drug-likeness (QED) is 0.749. The lowest BCUT2D eigenvalue weighted by Crippen LogP contribution is -2.44. The van der Waals surface area contributed by atoms with Crippen LogP contribution < -0.4 is 5.73 Å². The lowest BCUT2D eigenvalue weighted by molar-refractivity contribution is 0.328. The maximum absolute atomic E-state index is 9.91. The summed E-state index contributed by atoms with van der Waals surface area (Å²) in [5.41, 5.74) is 6.59. The van der Waals surface area contributed by atoms with E-state index in [0.717, 1.165) is 17.9 Å². The third kappa shape index (κ3) is 1.74. The number of nitrogens with zero attached hydrogens (tertiary/aromatic N) is 1. The molecule has 0 bridgehead atoms. The fourth-order valence-electron chi connectivity index (χ4n) is 2.04. The van der Waals surface area contributed by atoms with Gasteiger partial charge in [0, 0.05) is 17.9 Å². The molecule has 0 amide bonds. The highest BCUT2D eigenvalue weighted by atomic mass is 32.2. The van der Waals surface area contributed by atoms with E-state index in [9.17, 15) is 5.11 Å². The third-order valence-electron chi connectivity index (χ3n) is 2.88. The molecule has 0 aromatic heterocycles. The van der Waals surface area contributed by atoms with Crippen LogP contribution in [0.15, 0.2) is 24.3 Å². The molecule has 1 aromatic rings. The molecule has 1 fully saturated rings. The Labute approximate surface area is 105 Å². The molecule has 0 saturated carbocycles. The smallest absolute Gasteiger partial charge is 0.167 e. The summed E-state index contributed by atoms with van der Waals surface area (Å²) < 4.78 is 0. The summed E-state index contributed by atoms with van der Waals surface area (Å²) in [6, 6.07) is 7.33. The van der Waals surface area contributed by atoms with Crippen molar-refractivity contribution in [2.45, 2.75) is 11.8 Å². The zero-order chi connectivity index (χ0) is 11.8. The predicted octanol–water partition coefficient (Wildman–Crippen LogP) is 1.86. The molecule has 1 atom stereocenters. The largest absolute Gasteiger partial charge is 0.508 e. The molecule has 1 aliphatic heterocycles. The van der Waals surface area contributed by atoms with Crippen molar-refractivity contribution < 1.29 is 5.11 Å². The molecule has 1 aliphatic rings. The second-order valence-corrected chi connectivity index (χ2v) is 5.75. The number of thiocarbonyl (C=S) groups is 1. The monoisotopic (exact) mass is 254 g/mol. The Hall–Kier alpha value is -0.940. The van der Waals surface area contributed by atoms with Crippen molar-refractivity contribution in [3.63, 3.8) is 0 Å². The van der Waals surface area contributed by atoms with E-state index in [1.54, 1.807) is 17.8 Å². The number of phenolic OH excluding ortho intramolecular Hbond substituents is 1. The van der Waals surface area contributed by atoms with Gasteiger partial charge >= 0.3 is 0 Å². The number of benzene rings is 1. The van der Waals surface area contributed by atoms with E-state index in [1.165, 1.54) is 0 Å². The first-order valence-corrected chi connectivity index (χ1v) is 6.44. The fourth-order valence-corrected chi connectivity index (χ4v) is 3.71. The molecule has 1 aromatic carbocycles. The van der Waals surface area contributed by atoms with Gasteiger partial charge in [-0.2, -0.15) is 0 Å². The summed E-state index contributed by atoms with van der Waals surface area (Å²) in [6.07, 6.45) is 0. The van der Waals surface area contributed by atoms with Crippen LogP contribution in [0.4, 0.5) is 0 Å². The number of rotatable bonds is 1. The minimum atomic E-state index is -0.350. The van der Waals surface area contributed by atoms with E-state index >= 15 is 0 Å². The summed E-state index contributed by atoms with van der Waals surface area (Å²) in [5, 5.41) is 10.3. The van der Waals surface area contributed by atoms with Crippen molar-refractivity contribution >= 4 is 29.1 Å². The van der Waals surface area contributed by atoms with Crippen LogP contribution in [-0.2, 0) is 4.87 Å². The highest BCUT2D eigenvalue weighted by Gasteiger charge is 2.41. The minimum Gasteiger partial charge on any atom is -0.508 e. The molecule has 0 aliphatic carbocycles. The van der Waals surface area contributed by atoms with Crippen LogP contribution in [0.2, 0.25) is 0 Å². The van der Waals surface area contributed by atoms with Gasteiger partial charge in [-0.25, -0.2) is 0 Å². The Morgan fingerprint density at radius 2 is 2.25 bits per heavy atom. The number of nitrogens with two attached hydrogens (primary N) is 1. The fraction of sp³-hybridized carbons (Fsp3) is 0.364. The van der Waals surface area contributed by atoms with Gasteiger partial charge in [-0.1, -0.05) is 18.2 Å². The Morgan fingerprint density at radius 3 is 2.88 bits per heavy atom. The molecule has 3 nitrogen and oxygen atoms in total. The van der Waals surface area contributed by atoms with Gasteiger partial charge in [-0.05, 0) is 25.2 Å². The zero-order valence-electron chi connectivity index (χ0n) is 9.01. The van der Waals surface area contributed by atoms with Gasteiger partial charge in [0.25, 0.3) is 0 Å². The summed E-state index contributed by atoms with van der Waals surface area (Å²) in [4.78, 5) is 1.61. The normalized spacial score (nSPS) is 24.7. The Kier molecular flexibility index (Phi) is 2.99. The Morgan fingerprint density at radius 1 is 1.56 bits per heavy atom. The number of thioether (sulfide) groups is 1. The molecule has 1 unspecified atom stereocenters. The van der Waals surface area contributed by atoms with E-state index in [-0.39, 0.29) is 4.87 Å². The van der Waals surface area contributed by atoms with Crippen molar-refractivity contribution in [1.82, 2.24) is 4.90 Å². The lowest BCUT2D eigenvalue weighted by atomic mass is 10.1. The molecular formula is C11H14N2OS2. The average molecular weight is 254 g/mol. The molecule has 2 rings (SSSR count). The highest BCUT2D eigenvalue weighted by molar-refractivity contribution is 8.00. The molecule has 0 spiro atoms. The van der Waals surface area contributed by atoms with Gasteiger partial charge in [0.2, 0.25) is 0 Å². The van der Waals surface area contributed by atoms with Gasteiger partial charge in [0.05, 0.1) is 0 Å². The lowest BCUT2D eigenvalue weighted by Gasteiger charge is -2.35. The van der Waals surface area contributed by atoms with Crippen molar-refractivity contribution in [3.8, 4) is 5.75 Å². The Balaban J connectivity index is 2.45. The van der Waals surface area contributed by atoms with E-state index in [0.29, 0.717) is 10.9 Å². The van der Waals surface area contributed by atoms with Gasteiger partial charge in [-0.3, -0.25) is 0 Å². The minimum absolute atomic E-state index is 0.292. The topological polar surface area (TPSA) is 49.5 Å². The van der Waals surface area contributed by atoms with E-state index in [1.807, 2.05) is 30.0 Å². The first kappa shape index (κ1) is 11.5. The van der Waals surface area contributed by atoms with Crippen molar-refractivity contribution in [2.75, 3.05) is 12.3 Å². The standard InChI is InChI=1S/C11H14N2OS2/c1-11(8-4-2-3-5-9(8)14)13(10(12)15)6-7-16-11/h2-5,14H,6-7H2,1H3,(H2,12,15). The SMILES string of the molecule is CC1(c2ccccc2O)SCCN1C(N)=S. The van der Waals surface area contributed by atoms with Crippen LogP contribution in [0, 0.1) is 0 Å². The highest BCUT2D eigenvalue weighted by Crippen LogP contribution is 2.46. The maximum atomic E-state index is 9.91. The van der Waals surface area contributed by atoms with E-state index < -0.39 is 0 Å². The third-order valence-corrected chi connectivity index (χ3v) is 4.49. The number of hydrogen-bond donors (Lipinski definition) is 2. The second kappa shape index (κ2) is 4.14. The molecule has 0 radical (unpaired) electrons. The van der Waals surface area contributed by atoms with E-state index in [2.05, 4.69) is 0 Å². The molecule has 86 valence electrons. The first-order valence-electron chi connectivity index (χ1n) is 5.05. The number of para-hydroxylation sites is 1. The maximum Gasteiger partial charge on any atom is 0.167 e. The summed E-state index contributed by atoms with van der Waals surface area (Å²) in [5.74, 6) is 1.25. The van der Waals surface area contributed by atoms with E-state index in [4.69, 9.17) is 18.0 Å². The Bertz CT molecular complexity index is 424. The van der Waals surface area contributed by atoms with Crippen LogP contribution in [-0.4, -0.2) is 27.4 Å². The molecular weight excluding hydrogens is 240 g/mol. The number of aromatic hydroxyl groups is 1. The van der Waals surface area contributed by atoms with Gasteiger partial charge in [0.1, 0.15) is 10.6 Å². The molecule has 5 heteroatoms. The van der Waals surface area contributed by atoms with Gasteiger partial charge in [-0.15, -0.1) is 11.8 Å². The molecule has 16 heavy (non-hydrogen) atoms. The molecule has 1 heterocycles. The molecule has 3 N–H and O–H groups in total. The summed E-state index contributed by atoms with van der Waals surface area (Å²) in [7, 11) is 0. The second-order valence-electron chi connectivity index (χ2n) is 3.84. The predicted molar refractivity (Wildman–Crippen MR) is 71.4 cm³/mol. The van der Waals surface area contributed by atoms with Crippen LogP contribution in [0.25, 0.3) is 0 Å². The summed E-state index contributed by atoms with van der Waals surface area (Å²) >= 11 is 6.80. The van der Waals surface area contributed by atoms with Gasteiger partial charge in [0.15, 0.2) is 5.11 Å². The van der Waals surface area contributed by atoms with Gasteiger partial charge < -0.3 is 15.7 Å². The van der Waals surface area contributed by atoms with Crippen molar-refractivity contribution in [2.24, 2.45) is 5.73 Å². The van der Waals surface area contributed by atoms with Crippen LogP contribution in [0.3, 0.4) is 0 Å². The zero-order valence-corrected chi connectivity index (χ0v) is 10.6. The average Bonchev–Trinajstić information content (AvgIpc) is 2.62. The number of phenols is 1. The summed E-state index contributed by atoms with van der Waals surface area (Å²) in [6.45, 7) is 2.86. The van der Waals surface area contributed by atoms with Crippen molar-refractivity contribution in [1.29, 1.82) is 0 Å². The van der Waals surface area contributed by atoms with Crippen molar-refractivity contribution in [3.05, 3.63) is 29.8 Å². The van der Waals surface area contributed by atoms with Crippen LogP contribution >= 0.6 is 24.0 Å². The van der Waals surface area contributed by atoms with Crippen LogP contribution in [0.5, 0.6) is 5.75 Å². The molecule has 1 saturated heterocycles. The number of hydrogen-bond acceptors (Lipinski definition) is 3. The van der Waals surface area contributed by atoms with Crippen LogP contribution in [0.1, 0.15) is 12.5 Å².